The van der Waals surface area contributed by atoms with Crippen molar-refractivity contribution in [3.8, 4) is 0 Å². The van der Waals surface area contributed by atoms with Crippen LogP contribution in [0.2, 0.25) is 0 Å². The van der Waals surface area contributed by atoms with Gasteiger partial charge in [0.15, 0.2) is 0 Å². The molecule has 0 aromatic carbocycles. The summed E-state index contributed by atoms with van der Waals surface area (Å²) in [6, 6.07) is 0. The largest absolute Gasteiger partial charge is 0.356 e. The van der Waals surface area contributed by atoms with E-state index < -0.39 is 0 Å². The van der Waals surface area contributed by atoms with E-state index in [0.29, 0.717) is 64.7 Å². The maximum Gasteiger partial charge on any atom is 0.220 e. The van der Waals surface area contributed by atoms with Gasteiger partial charge in [-0.3, -0.25) is 19.2 Å². The molecule has 0 atom stereocenters. The zero-order chi connectivity index (χ0) is 21.9. The molecule has 1 aliphatic heterocycles. The lowest BCUT2D eigenvalue weighted by molar-refractivity contribution is -0.124. The first-order chi connectivity index (χ1) is 14.6. The number of hydrogen-bond donors (Lipinski definition) is 4. The van der Waals surface area contributed by atoms with E-state index in [-0.39, 0.29) is 23.6 Å². The second kappa shape index (κ2) is 17.7. The molecule has 1 aliphatic rings. The van der Waals surface area contributed by atoms with E-state index in [1.54, 1.807) is 0 Å². The summed E-state index contributed by atoms with van der Waals surface area (Å²) in [7, 11) is 0. The van der Waals surface area contributed by atoms with Gasteiger partial charge in [-0.1, -0.05) is 25.7 Å². The summed E-state index contributed by atoms with van der Waals surface area (Å²) in [5, 5.41) is 11.6. The Morgan fingerprint density at radius 2 is 0.567 bits per heavy atom. The first kappa shape index (κ1) is 25.9. The Bertz CT molecular complexity index is 435. The minimum absolute atomic E-state index is 0.00333. The highest BCUT2D eigenvalue weighted by Crippen LogP contribution is 2.02. The second-order valence-corrected chi connectivity index (χ2v) is 7.94. The van der Waals surface area contributed by atoms with Crippen molar-refractivity contribution < 1.29 is 19.2 Å². The summed E-state index contributed by atoms with van der Waals surface area (Å²) in [5.41, 5.74) is 0. The van der Waals surface area contributed by atoms with Gasteiger partial charge in [-0.25, -0.2) is 0 Å². The zero-order valence-electron chi connectivity index (χ0n) is 18.4. The van der Waals surface area contributed by atoms with E-state index in [4.69, 9.17) is 0 Å². The van der Waals surface area contributed by atoms with Crippen LogP contribution >= 0.6 is 0 Å². The summed E-state index contributed by atoms with van der Waals surface area (Å²) in [6.07, 6.45) is 10.3. The minimum atomic E-state index is 0.00333. The first-order valence-electron chi connectivity index (χ1n) is 11.6. The van der Waals surface area contributed by atoms with Gasteiger partial charge in [-0.05, 0) is 38.5 Å². The van der Waals surface area contributed by atoms with Crippen molar-refractivity contribution in [2.24, 2.45) is 0 Å². The van der Waals surface area contributed by atoms with Crippen LogP contribution in [0.3, 0.4) is 0 Å². The number of nitrogens with one attached hydrogen (secondary N) is 4. The van der Waals surface area contributed by atoms with Crippen LogP contribution in [0.5, 0.6) is 0 Å². The van der Waals surface area contributed by atoms with Crippen LogP contribution in [-0.2, 0) is 19.2 Å². The third kappa shape index (κ3) is 15.8. The Morgan fingerprint density at radius 3 is 0.800 bits per heavy atom. The van der Waals surface area contributed by atoms with Gasteiger partial charge in [-0.15, -0.1) is 0 Å². The van der Waals surface area contributed by atoms with Gasteiger partial charge >= 0.3 is 0 Å². The van der Waals surface area contributed by atoms with Gasteiger partial charge in [0.2, 0.25) is 23.6 Å². The van der Waals surface area contributed by atoms with Gasteiger partial charge in [0.25, 0.3) is 0 Å². The Morgan fingerprint density at radius 1 is 0.333 bits per heavy atom. The molecule has 1 heterocycles. The molecule has 0 saturated carbocycles. The fourth-order valence-electron chi connectivity index (χ4n) is 3.29. The predicted molar refractivity (Wildman–Crippen MR) is 117 cm³/mol. The highest BCUT2D eigenvalue weighted by molar-refractivity contribution is 5.79. The predicted octanol–water partition coefficient (Wildman–Crippen LogP) is 1.93. The maximum absolute atomic E-state index is 11.8. The van der Waals surface area contributed by atoms with E-state index in [0.717, 1.165) is 51.4 Å². The highest BCUT2D eigenvalue weighted by atomic mass is 16.2. The van der Waals surface area contributed by atoms with E-state index in [1.165, 1.54) is 0 Å². The Labute approximate surface area is 180 Å². The molecule has 0 unspecified atom stereocenters. The van der Waals surface area contributed by atoms with E-state index in [1.807, 2.05) is 0 Å². The first-order valence-corrected chi connectivity index (χ1v) is 11.6. The topological polar surface area (TPSA) is 116 Å². The average molecular weight is 425 g/mol. The molecule has 8 heteroatoms. The van der Waals surface area contributed by atoms with Gasteiger partial charge in [-0.2, -0.15) is 0 Å². The molecule has 0 radical (unpaired) electrons. The quantitative estimate of drug-likeness (QED) is 0.475. The molecule has 4 amide bonds. The van der Waals surface area contributed by atoms with Crippen molar-refractivity contribution in [1.29, 1.82) is 0 Å². The summed E-state index contributed by atoms with van der Waals surface area (Å²) < 4.78 is 0. The maximum atomic E-state index is 11.8. The molecule has 172 valence electrons. The van der Waals surface area contributed by atoms with Crippen molar-refractivity contribution in [3.05, 3.63) is 0 Å². The molecule has 0 aromatic heterocycles. The van der Waals surface area contributed by atoms with Gasteiger partial charge in [0, 0.05) is 51.9 Å². The molecule has 1 fully saturated rings. The number of amides is 4. The fourth-order valence-corrected chi connectivity index (χ4v) is 3.29. The normalized spacial score (nSPS) is 21.6. The number of hydrogen-bond acceptors (Lipinski definition) is 4. The minimum Gasteiger partial charge on any atom is -0.356 e. The van der Waals surface area contributed by atoms with Crippen LogP contribution in [-0.4, -0.2) is 49.8 Å². The monoisotopic (exact) mass is 424 g/mol. The summed E-state index contributed by atoms with van der Waals surface area (Å²) in [5.74, 6) is 0.0133. The van der Waals surface area contributed by atoms with E-state index in [2.05, 4.69) is 21.3 Å². The summed E-state index contributed by atoms with van der Waals surface area (Å²) >= 11 is 0. The van der Waals surface area contributed by atoms with Gasteiger partial charge in [0.05, 0.1) is 0 Å². The third-order valence-corrected chi connectivity index (χ3v) is 5.11. The van der Waals surface area contributed by atoms with Crippen LogP contribution in [0.25, 0.3) is 0 Å². The lowest BCUT2D eigenvalue weighted by Crippen LogP contribution is -2.27. The highest BCUT2D eigenvalue weighted by Gasteiger charge is 2.06. The van der Waals surface area contributed by atoms with Gasteiger partial charge < -0.3 is 21.3 Å². The van der Waals surface area contributed by atoms with Gasteiger partial charge in [0.1, 0.15) is 0 Å². The molecule has 0 aliphatic carbocycles. The lowest BCUT2D eigenvalue weighted by Gasteiger charge is -2.08. The van der Waals surface area contributed by atoms with Crippen LogP contribution in [0, 0.1) is 0 Å². The summed E-state index contributed by atoms with van der Waals surface area (Å²) in [4.78, 5) is 47.2. The molecule has 0 bridgehead atoms. The molecule has 1 saturated heterocycles. The SMILES string of the molecule is O=C1CCCC(=O)NCCCCCCNC(=O)CCCC(=O)NCCCCCCN1. The van der Waals surface area contributed by atoms with E-state index >= 15 is 0 Å². The molecule has 0 aromatic rings. The molecule has 30 heavy (non-hydrogen) atoms. The van der Waals surface area contributed by atoms with Crippen molar-refractivity contribution in [3.63, 3.8) is 0 Å². The van der Waals surface area contributed by atoms with Crippen molar-refractivity contribution in [2.45, 2.75) is 89.9 Å². The van der Waals surface area contributed by atoms with Crippen molar-refractivity contribution >= 4 is 23.6 Å². The number of carbonyl (C=O) groups is 4. The molecular weight excluding hydrogens is 384 g/mol. The second-order valence-electron chi connectivity index (χ2n) is 7.94. The van der Waals surface area contributed by atoms with Crippen LogP contribution in [0.1, 0.15) is 89.9 Å². The Kier molecular flexibility index (Phi) is 15.3. The molecule has 1 rings (SSSR count). The average Bonchev–Trinajstić information content (AvgIpc) is 2.71. The fraction of sp³-hybridized carbons (Fsp3) is 0.818. The summed E-state index contributed by atoms with van der Waals surface area (Å²) in [6.45, 7) is 2.61. The standard InChI is InChI=1S/C22H40N4O4/c27-19-11-9-13-21(29)25-17-7-3-4-8-18-26-22(30)14-10-12-20(28)24-16-6-2-1-5-15-23-19/h1-18H2,(H,23,27)(H,24,28)(H,25,29)(H,26,30). The molecule has 4 N–H and O–H groups in total. The Hall–Kier alpha value is -2.12. The number of rotatable bonds is 0. The number of carbonyl (C=O) groups excluding carboxylic acids is 4. The molecule has 8 nitrogen and oxygen atoms in total. The third-order valence-electron chi connectivity index (χ3n) is 5.11. The molecule has 0 spiro atoms. The van der Waals surface area contributed by atoms with Crippen LogP contribution in [0.4, 0.5) is 0 Å². The van der Waals surface area contributed by atoms with Crippen LogP contribution < -0.4 is 21.3 Å². The van der Waals surface area contributed by atoms with Crippen LogP contribution in [0.15, 0.2) is 0 Å². The van der Waals surface area contributed by atoms with Crippen molar-refractivity contribution in [1.82, 2.24) is 21.3 Å². The Balaban J connectivity index is 2.27. The van der Waals surface area contributed by atoms with E-state index in [9.17, 15) is 19.2 Å². The van der Waals surface area contributed by atoms with Crippen molar-refractivity contribution in [2.75, 3.05) is 26.2 Å². The molecular formula is C22H40N4O4. The lowest BCUT2D eigenvalue weighted by atomic mass is 10.1. The smallest absolute Gasteiger partial charge is 0.220 e. The zero-order valence-corrected chi connectivity index (χ0v) is 18.4.